The fourth-order valence-electron chi connectivity index (χ4n) is 3.92. The molecule has 0 aliphatic rings. The van der Waals surface area contributed by atoms with E-state index in [2.05, 4.69) is 20.2 Å². The number of nitrogens with zero attached hydrogens (tertiary/aromatic N) is 4. The van der Waals surface area contributed by atoms with Crippen molar-refractivity contribution in [3.63, 3.8) is 0 Å². The van der Waals surface area contributed by atoms with Crippen LogP contribution >= 0.6 is 10.2 Å². The fourth-order valence-corrected chi connectivity index (χ4v) is 4.70. The number of H-pyrrole nitrogens is 1. The summed E-state index contributed by atoms with van der Waals surface area (Å²) in [5, 5.41) is 6.71. The van der Waals surface area contributed by atoms with Crippen LogP contribution in [0, 0.1) is 11.6 Å². The van der Waals surface area contributed by atoms with E-state index in [1.54, 1.807) is 6.07 Å². The molecule has 3 aromatic heterocycles. The number of benzene rings is 2. The van der Waals surface area contributed by atoms with Gasteiger partial charge in [0.15, 0.2) is 5.65 Å². The summed E-state index contributed by atoms with van der Waals surface area (Å²) in [5.41, 5.74) is 1.11. The third-order valence-corrected chi connectivity index (χ3v) is 6.68. The van der Waals surface area contributed by atoms with Crippen molar-refractivity contribution in [1.82, 2.24) is 24.6 Å². The molecule has 0 unspecified atom stereocenters. The Balaban J connectivity index is 1.77. The number of rotatable bonds is 4. The van der Waals surface area contributed by atoms with Crippen molar-refractivity contribution >= 4 is 26.8 Å². The predicted octanol–water partition coefficient (Wildman–Crippen LogP) is 8.00. The number of aromatic nitrogens is 5. The van der Waals surface area contributed by atoms with Crippen molar-refractivity contribution in [2.24, 2.45) is 0 Å². The molecule has 1 N–H and O–H groups in total. The minimum atomic E-state index is -10.3. The molecule has 0 saturated carbocycles. The lowest BCUT2D eigenvalue weighted by Gasteiger charge is -2.40. The zero-order chi connectivity index (χ0) is 25.4. The van der Waals surface area contributed by atoms with Crippen LogP contribution in [0.25, 0.3) is 39.1 Å². The number of fused-ring (bicyclic) bond motifs is 2. The maximum Gasteiger partial charge on any atom is 0.313 e. The van der Waals surface area contributed by atoms with E-state index >= 15 is 4.39 Å². The van der Waals surface area contributed by atoms with Crippen LogP contribution in [0.15, 0.2) is 53.8 Å². The molecule has 35 heavy (non-hydrogen) atoms. The quantitative estimate of drug-likeness (QED) is 0.247. The van der Waals surface area contributed by atoms with Crippen LogP contribution in [0.3, 0.4) is 0 Å². The Kier molecular flexibility index (Phi) is 4.46. The zero-order valence-electron chi connectivity index (χ0n) is 18.0. The number of imidazole rings is 1. The third kappa shape index (κ3) is 3.89. The summed E-state index contributed by atoms with van der Waals surface area (Å²) in [4.78, 5) is 5.88. The first kappa shape index (κ1) is 23.1. The van der Waals surface area contributed by atoms with E-state index in [1.807, 2.05) is 13.8 Å². The second-order valence-corrected chi connectivity index (χ2v) is 10.8. The highest BCUT2D eigenvalue weighted by Crippen LogP contribution is 3.02. The van der Waals surface area contributed by atoms with Gasteiger partial charge in [0, 0.05) is 17.3 Å². The molecule has 0 fully saturated rings. The van der Waals surface area contributed by atoms with E-state index in [0.717, 1.165) is 6.07 Å². The summed E-state index contributed by atoms with van der Waals surface area (Å²) >= 11 is 0. The van der Waals surface area contributed by atoms with Gasteiger partial charge in [0.1, 0.15) is 16.5 Å². The van der Waals surface area contributed by atoms with Gasteiger partial charge >= 0.3 is 10.2 Å². The molecule has 184 valence electrons. The molecule has 0 bridgehead atoms. The van der Waals surface area contributed by atoms with E-state index in [-0.39, 0.29) is 34.3 Å². The standard InChI is InChI=1S/C22H16F7N5S/c1-11(2)21-22(13-4-6-16-14(20(13)24)8-31-33-16)34-10-17(30-9-19(34)32-21)12-3-5-15(23)18(7-12)35(25,26,27,28)29/h3-11H,1-2H3,(H,31,33). The van der Waals surface area contributed by atoms with Crippen LogP contribution in [-0.4, -0.2) is 24.6 Å². The number of hydrogen-bond acceptors (Lipinski definition) is 3. The van der Waals surface area contributed by atoms with Crippen LogP contribution in [-0.2, 0) is 0 Å². The number of aromatic amines is 1. The average Bonchev–Trinajstić information content (AvgIpc) is 3.37. The third-order valence-electron chi connectivity index (χ3n) is 5.54. The molecule has 5 aromatic rings. The van der Waals surface area contributed by atoms with Gasteiger partial charge < -0.3 is 0 Å². The Morgan fingerprint density at radius 2 is 1.71 bits per heavy atom. The Morgan fingerprint density at radius 1 is 0.971 bits per heavy atom. The summed E-state index contributed by atoms with van der Waals surface area (Å²) in [6, 6.07) is 4.38. The van der Waals surface area contributed by atoms with Crippen LogP contribution in [0.1, 0.15) is 25.5 Å². The summed E-state index contributed by atoms with van der Waals surface area (Å²) in [6.45, 7) is 3.66. The Labute approximate surface area is 193 Å². The molecule has 0 aliphatic heterocycles. The molecule has 0 radical (unpaired) electrons. The molecule has 3 heterocycles. The molecule has 5 nitrogen and oxygen atoms in total. The minimum Gasteiger partial charge on any atom is -0.296 e. The van der Waals surface area contributed by atoms with Gasteiger partial charge in [-0.15, -0.1) is 0 Å². The van der Waals surface area contributed by atoms with Gasteiger partial charge in [0.2, 0.25) is 0 Å². The monoisotopic (exact) mass is 515 g/mol. The van der Waals surface area contributed by atoms with Crippen LogP contribution in [0.4, 0.5) is 28.2 Å². The molecule has 0 aliphatic carbocycles. The normalized spacial score (nSPS) is 14.6. The summed E-state index contributed by atoms with van der Waals surface area (Å²) < 4.78 is 97.4. The van der Waals surface area contributed by atoms with Crippen molar-refractivity contribution < 1.29 is 28.2 Å². The minimum absolute atomic E-state index is 0.0309. The van der Waals surface area contributed by atoms with E-state index in [1.165, 1.54) is 29.1 Å². The highest BCUT2D eigenvalue weighted by atomic mass is 32.5. The lowest BCUT2D eigenvalue weighted by molar-refractivity contribution is 0.355. The van der Waals surface area contributed by atoms with Crippen molar-refractivity contribution in [1.29, 1.82) is 0 Å². The molecule has 0 saturated heterocycles. The van der Waals surface area contributed by atoms with Gasteiger partial charge in [0.25, 0.3) is 0 Å². The van der Waals surface area contributed by atoms with Crippen LogP contribution in [0.2, 0.25) is 0 Å². The summed E-state index contributed by atoms with van der Waals surface area (Å²) in [6.07, 6.45) is 3.80. The molecule has 5 rings (SSSR count). The smallest absolute Gasteiger partial charge is 0.296 e. The molecule has 2 aromatic carbocycles. The van der Waals surface area contributed by atoms with Crippen molar-refractivity contribution in [3.8, 4) is 22.5 Å². The van der Waals surface area contributed by atoms with Crippen molar-refractivity contribution in [2.75, 3.05) is 0 Å². The van der Waals surface area contributed by atoms with Gasteiger partial charge in [-0.1, -0.05) is 33.3 Å². The lowest BCUT2D eigenvalue weighted by atomic mass is 10.0. The molecule has 13 heteroatoms. The first-order chi connectivity index (χ1) is 16.1. The Hall–Kier alpha value is -3.61. The second kappa shape index (κ2) is 6.74. The van der Waals surface area contributed by atoms with Crippen LogP contribution < -0.4 is 0 Å². The Bertz CT molecular complexity index is 1640. The summed E-state index contributed by atoms with van der Waals surface area (Å²) in [5.74, 6) is -2.86. The van der Waals surface area contributed by atoms with Gasteiger partial charge in [-0.2, -0.15) is 5.10 Å². The molecule has 0 spiro atoms. The number of nitrogens with one attached hydrogen (secondary N) is 1. The first-order valence-electron chi connectivity index (χ1n) is 10.2. The van der Waals surface area contributed by atoms with Gasteiger partial charge in [-0.25, -0.2) is 13.8 Å². The zero-order valence-corrected chi connectivity index (χ0v) is 18.9. The first-order valence-corrected chi connectivity index (χ1v) is 12.1. The van der Waals surface area contributed by atoms with E-state index in [0.29, 0.717) is 23.0 Å². The van der Waals surface area contributed by atoms with E-state index in [4.69, 9.17) is 0 Å². The van der Waals surface area contributed by atoms with Gasteiger partial charge in [-0.3, -0.25) is 14.5 Å². The van der Waals surface area contributed by atoms with Crippen molar-refractivity contribution in [2.45, 2.75) is 24.7 Å². The predicted molar refractivity (Wildman–Crippen MR) is 119 cm³/mol. The summed E-state index contributed by atoms with van der Waals surface area (Å²) in [7, 11) is -10.3. The maximum atomic E-state index is 15.4. The van der Waals surface area contributed by atoms with E-state index < -0.39 is 32.3 Å². The molecular formula is C22H16F7N5S. The van der Waals surface area contributed by atoms with Gasteiger partial charge in [0.05, 0.1) is 40.4 Å². The van der Waals surface area contributed by atoms with E-state index in [9.17, 15) is 23.8 Å². The van der Waals surface area contributed by atoms with Gasteiger partial charge in [-0.05, 0) is 36.2 Å². The largest absolute Gasteiger partial charge is 0.313 e. The topological polar surface area (TPSA) is 58.9 Å². The highest BCUT2D eigenvalue weighted by Gasteiger charge is 2.67. The fraction of sp³-hybridized carbons (Fsp3) is 0.136. The average molecular weight is 515 g/mol. The molecular weight excluding hydrogens is 499 g/mol. The SMILES string of the molecule is CC(C)c1nc2cnc(-c3ccc(F)c(S(F)(F)(F)(F)F)c3)cn2c1-c1ccc2[nH]ncc2c1F. The maximum absolute atomic E-state index is 15.4. The second-order valence-electron chi connectivity index (χ2n) is 8.37. The number of halogens is 7. The Morgan fingerprint density at radius 3 is 2.40 bits per heavy atom. The molecule has 0 atom stereocenters. The number of hydrogen-bond donors (Lipinski definition) is 1. The highest BCUT2D eigenvalue weighted by molar-refractivity contribution is 8.45. The lowest BCUT2D eigenvalue weighted by Crippen LogP contribution is -2.09. The molecule has 0 amide bonds. The van der Waals surface area contributed by atoms with Crippen molar-refractivity contribution in [3.05, 3.63) is 66.3 Å². The van der Waals surface area contributed by atoms with Crippen LogP contribution in [0.5, 0.6) is 0 Å².